The highest BCUT2D eigenvalue weighted by Gasteiger charge is 2.10. The zero-order valence-electron chi connectivity index (χ0n) is 11.3. The zero-order valence-corrected chi connectivity index (χ0v) is 11.3. The summed E-state index contributed by atoms with van der Waals surface area (Å²) in [6, 6.07) is 6.17. The Morgan fingerprint density at radius 3 is 2.67 bits per heavy atom. The van der Waals surface area contributed by atoms with Crippen LogP contribution in [0.3, 0.4) is 0 Å². The standard InChI is InChI=1S/C15H24N2O/c1-2-18-15-7-6-13(12-14(15)16)8-11-17-9-4-3-5-10-17/h6-7,12H,2-5,8-11,16H2,1H3. The predicted octanol–water partition coefficient (Wildman–Crippen LogP) is 2.70. The SMILES string of the molecule is CCOc1ccc(CCN2CCCCC2)cc1N. The number of hydrogen-bond acceptors (Lipinski definition) is 3. The molecule has 1 aromatic carbocycles. The van der Waals surface area contributed by atoms with Gasteiger partial charge >= 0.3 is 0 Å². The summed E-state index contributed by atoms with van der Waals surface area (Å²) >= 11 is 0. The molecule has 1 aromatic rings. The van der Waals surface area contributed by atoms with E-state index in [9.17, 15) is 0 Å². The first kappa shape index (κ1) is 13.2. The van der Waals surface area contributed by atoms with E-state index in [-0.39, 0.29) is 0 Å². The number of benzene rings is 1. The first-order valence-electron chi connectivity index (χ1n) is 7.03. The number of nitrogen functional groups attached to an aromatic ring is 1. The highest BCUT2D eigenvalue weighted by Crippen LogP contribution is 2.23. The summed E-state index contributed by atoms with van der Waals surface area (Å²) in [6.45, 7) is 6.30. The molecule has 0 bridgehead atoms. The molecule has 1 aliphatic rings. The summed E-state index contributed by atoms with van der Waals surface area (Å²) in [4.78, 5) is 2.55. The lowest BCUT2D eigenvalue weighted by Gasteiger charge is -2.26. The molecule has 0 aromatic heterocycles. The number of nitrogens with two attached hydrogens (primary N) is 1. The van der Waals surface area contributed by atoms with Crippen molar-refractivity contribution in [3.8, 4) is 5.75 Å². The van der Waals surface area contributed by atoms with Crippen LogP contribution in [-0.2, 0) is 6.42 Å². The van der Waals surface area contributed by atoms with Gasteiger partial charge < -0.3 is 15.4 Å². The van der Waals surface area contributed by atoms with E-state index in [0.29, 0.717) is 6.61 Å². The molecule has 0 radical (unpaired) electrons. The summed E-state index contributed by atoms with van der Waals surface area (Å²) < 4.78 is 5.45. The van der Waals surface area contributed by atoms with Crippen LogP contribution in [0.25, 0.3) is 0 Å². The molecule has 0 aliphatic carbocycles. The predicted molar refractivity (Wildman–Crippen MR) is 76.0 cm³/mol. The third kappa shape index (κ3) is 3.64. The Hall–Kier alpha value is -1.22. The lowest BCUT2D eigenvalue weighted by molar-refractivity contribution is 0.231. The fraction of sp³-hybridized carbons (Fsp3) is 0.600. The van der Waals surface area contributed by atoms with Crippen molar-refractivity contribution < 1.29 is 4.74 Å². The Morgan fingerprint density at radius 2 is 2.00 bits per heavy atom. The second-order valence-corrected chi connectivity index (χ2v) is 4.96. The second-order valence-electron chi connectivity index (χ2n) is 4.96. The van der Waals surface area contributed by atoms with Crippen molar-refractivity contribution in [3.05, 3.63) is 23.8 Å². The number of piperidine rings is 1. The third-order valence-electron chi connectivity index (χ3n) is 3.54. The lowest BCUT2D eigenvalue weighted by Crippen LogP contribution is -2.31. The van der Waals surface area contributed by atoms with Gasteiger partial charge in [0.1, 0.15) is 5.75 Å². The normalized spacial score (nSPS) is 16.7. The Kier molecular flexibility index (Phi) is 4.88. The molecular formula is C15H24N2O. The summed E-state index contributed by atoms with van der Waals surface area (Å²) in [5.41, 5.74) is 8.04. The fourth-order valence-electron chi connectivity index (χ4n) is 2.51. The number of nitrogens with zero attached hydrogens (tertiary/aromatic N) is 1. The highest BCUT2D eigenvalue weighted by molar-refractivity contribution is 5.54. The molecule has 18 heavy (non-hydrogen) atoms. The van der Waals surface area contributed by atoms with Gasteiger partial charge in [0.05, 0.1) is 12.3 Å². The summed E-state index contributed by atoms with van der Waals surface area (Å²) in [6.07, 6.45) is 5.18. The van der Waals surface area contributed by atoms with Gasteiger partial charge in [-0.3, -0.25) is 0 Å². The number of ether oxygens (including phenoxy) is 1. The molecular weight excluding hydrogens is 224 g/mol. The van der Waals surface area contributed by atoms with Crippen molar-refractivity contribution in [3.63, 3.8) is 0 Å². The van der Waals surface area contributed by atoms with Gasteiger partial charge in [-0.2, -0.15) is 0 Å². The minimum Gasteiger partial charge on any atom is -0.492 e. The number of likely N-dealkylation sites (tertiary alicyclic amines) is 1. The Bertz CT molecular complexity index is 373. The van der Waals surface area contributed by atoms with E-state index in [1.165, 1.54) is 37.9 Å². The summed E-state index contributed by atoms with van der Waals surface area (Å²) in [7, 11) is 0. The van der Waals surface area contributed by atoms with Crippen molar-refractivity contribution in [2.45, 2.75) is 32.6 Å². The van der Waals surface area contributed by atoms with Crippen LogP contribution in [0.2, 0.25) is 0 Å². The van der Waals surface area contributed by atoms with Crippen molar-refractivity contribution in [1.82, 2.24) is 4.90 Å². The Balaban J connectivity index is 1.87. The third-order valence-corrected chi connectivity index (χ3v) is 3.54. The molecule has 3 nitrogen and oxygen atoms in total. The molecule has 1 saturated heterocycles. The molecule has 2 N–H and O–H groups in total. The van der Waals surface area contributed by atoms with Crippen LogP contribution in [0.1, 0.15) is 31.7 Å². The van der Waals surface area contributed by atoms with Crippen molar-refractivity contribution >= 4 is 5.69 Å². The van der Waals surface area contributed by atoms with Gasteiger partial charge in [-0.05, 0) is 57.0 Å². The van der Waals surface area contributed by atoms with E-state index < -0.39 is 0 Å². The summed E-state index contributed by atoms with van der Waals surface area (Å²) in [5, 5.41) is 0. The lowest BCUT2D eigenvalue weighted by atomic mass is 10.1. The first-order chi connectivity index (χ1) is 8.79. The van der Waals surface area contributed by atoms with Crippen LogP contribution in [0.15, 0.2) is 18.2 Å². The maximum absolute atomic E-state index is 5.98. The van der Waals surface area contributed by atoms with Gasteiger partial charge in [0.25, 0.3) is 0 Å². The zero-order chi connectivity index (χ0) is 12.8. The minimum absolute atomic E-state index is 0.664. The minimum atomic E-state index is 0.664. The maximum Gasteiger partial charge on any atom is 0.142 e. The van der Waals surface area contributed by atoms with Crippen LogP contribution in [-0.4, -0.2) is 31.1 Å². The Labute approximate surface area is 110 Å². The van der Waals surface area contributed by atoms with Crippen LogP contribution in [0.5, 0.6) is 5.75 Å². The molecule has 2 rings (SSSR count). The molecule has 1 heterocycles. The molecule has 0 atom stereocenters. The van der Waals surface area contributed by atoms with E-state index in [1.807, 2.05) is 13.0 Å². The molecule has 0 saturated carbocycles. The van der Waals surface area contributed by atoms with Crippen LogP contribution >= 0.6 is 0 Å². The fourth-order valence-corrected chi connectivity index (χ4v) is 2.51. The summed E-state index contributed by atoms with van der Waals surface area (Å²) in [5.74, 6) is 0.805. The van der Waals surface area contributed by atoms with E-state index in [2.05, 4.69) is 17.0 Å². The average molecular weight is 248 g/mol. The van der Waals surface area contributed by atoms with E-state index in [1.54, 1.807) is 0 Å². The van der Waals surface area contributed by atoms with E-state index in [0.717, 1.165) is 24.4 Å². The first-order valence-corrected chi connectivity index (χ1v) is 7.03. The van der Waals surface area contributed by atoms with Crippen LogP contribution in [0, 0.1) is 0 Å². The van der Waals surface area contributed by atoms with Gasteiger partial charge in [0.2, 0.25) is 0 Å². The number of rotatable bonds is 5. The van der Waals surface area contributed by atoms with Crippen LogP contribution < -0.4 is 10.5 Å². The highest BCUT2D eigenvalue weighted by atomic mass is 16.5. The van der Waals surface area contributed by atoms with Gasteiger partial charge in [0.15, 0.2) is 0 Å². The molecule has 1 fully saturated rings. The largest absolute Gasteiger partial charge is 0.492 e. The van der Waals surface area contributed by atoms with Gasteiger partial charge in [-0.1, -0.05) is 12.5 Å². The number of hydrogen-bond donors (Lipinski definition) is 1. The monoisotopic (exact) mass is 248 g/mol. The van der Waals surface area contributed by atoms with Crippen molar-refractivity contribution in [2.75, 3.05) is 32.0 Å². The van der Waals surface area contributed by atoms with E-state index in [4.69, 9.17) is 10.5 Å². The number of anilines is 1. The molecule has 0 spiro atoms. The van der Waals surface area contributed by atoms with Crippen molar-refractivity contribution in [2.24, 2.45) is 0 Å². The van der Waals surface area contributed by atoms with Gasteiger partial charge in [-0.15, -0.1) is 0 Å². The smallest absolute Gasteiger partial charge is 0.142 e. The Morgan fingerprint density at radius 1 is 1.22 bits per heavy atom. The molecule has 3 heteroatoms. The topological polar surface area (TPSA) is 38.5 Å². The molecule has 100 valence electrons. The van der Waals surface area contributed by atoms with E-state index >= 15 is 0 Å². The van der Waals surface area contributed by atoms with Gasteiger partial charge in [0, 0.05) is 6.54 Å². The van der Waals surface area contributed by atoms with Gasteiger partial charge in [-0.25, -0.2) is 0 Å². The molecule has 1 aliphatic heterocycles. The van der Waals surface area contributed by atoms with Crippen molar-refractivity contribution in [1.29, 1.82) is 0 Å². The van der Waals surface area contributed by atoms with Crippen LogP contribution in [0.4, 0.5) is 5.69 Å². The molecule has 0 amide bonds. The molecule has 0 unspecified atom stereocenters. The quantitative estimate of drug-likeness (QED) is 0.814. The maximum atomic E-state index is 5.98. The second kappa shape index (κ2) is 6.64. The average Bonchev–Trinajstić information content (AvgIpc) is 2.41.